The summed E-state index contributed by atoms with van der Waals surface area (Å²) < 4.78 is 0. The molecule has 5 nitrogen and oxygen atoms in total. The summed E-state index contributed by atoms with van der Waals surface area (Å²) in [7, 11) is 3.96. The molecule has 3 rings (SSSR count). The number of aromatic nitrogens is 2. The van der Waals surface area contributed by atoms with Crippen LogP contribution >= 0.6 is 11.6 Å². The molecule has 0 saturated heterocycles. The smallest absolute Gasteiger partial charge is 0.256 e. The summed E-state index contributed by atoms with van der Waals surface area (Å²) in [6.07, 6.45) is 0.516. The molecular weight excluding hydrogens is 348 g/mol. The Morgan fingerprint density at radius 1 is 1.15 bits per heavy atom. The molecule has 0 unspecified atom stereocenters. The van der Waals surface area contributed by atoms with Gasteiger partial charge in [0.25, 0.3) is 5.56 Å². The van der Waals surface area contributed by atoms with Gasteiger partial charge in [-0.3, -0.25) is 9.78 Å². The Hall–Kier alpha value is -2.79. The fourth-order valence-electron chi connectivity index (χ4n) is 2.68. The molecule has 0 fully saturated rings. The van der Waals surface area contributed by atoms with Crippen LogP contribution in [0.5, 0.6) is 0 Å². The first-order valence-electron chi connectivity index (χ1n) is 8.31. The van der Waals surface area contributed by atoms with Crippen LogP contribution in [0.15, 0.2) is 53.3 Å². The van der Waals surface area contributed by atoms with E-state index in [0.29, 0.717) is 28.6 Å². The second-order valence-electron chi connectivity index (χ2n) is 6.35. The topological polar surface area (TPSA) is 61.0 Å². The molecule has 6 heteroatoms. The van der Waals surface area contributed by atoms with Crippen LogP contribution in [-0.2, 0) is 6.42 Å². The molecule has 0 spiro atoms. The SMILES string of the molecule is Cc1nc(Nc2cccc(N(C)C)c2)[nH]c(=O)c1Cc1ccc(Cl)cc1. The Bertz CT molecular complexity index is 964. The quantitative estimate of drug-likeness (QED) is 0.710. The molecule has 134 valence electrons. The number of hydrogen-bond acceptors (Lipinski definition) is 4. The molecule has 0 atom stereocenters. The molecule has 0 radical (unpaired) electrons. The van der Waals surface area contributed by atoms with Crippen LogP contribution in [0.2, 0.25) is 5.02 Å². The molecule has 2 aromatic carbocycles. The van der Waals surface area contributed by atoms with E-state index < -0.39 is 0 Å². The maximum absolute atomic E-state index is 12.5. The maximum atomic E-state index is 12.5. The first-order valence-corrected chi connectivity index (χ1v) is 8.69. The number of H-pyrrole nitrogens is 1. The Labute approximate surface area is 157 Å². The molecule has 0 aliphatic rings. The number of anilines is 3. The van der Waals surface area contributed by atoms with Gasteiger partial charge in [0.05, 0.1) is 5.69 Å². The minimum absolute atomic E-state index is 0.140. The predicted molar refractivity (Wildman–Crippen MR) is 108 cm³/mol. The van der Waals surface area contributed by atoms with Crippen molar-refractivity contribution in [3.8, 4) is 0 Å². The Morgan fingerprint density at radius 2 is 1.88 bits per heavy atom. The number of benzene rings is 2. The zero-order chi connectivity index (χ0) is 18.7. The van der Waals surface area contributed by atoms with Crippen molar-refractivity contribution in [2.75, 3.05) is 24.3 Å². The van der Waals surface area contributed by atoms with Crippen LogP contribution in [0.25, 0.3) is 0 Å². The Balaban J connectivity index is 1.84. The second-order valence-corrected chi connectivity index (χ2v) is 6.79. The van der Waals surface area contributed by atoms with E-state index in [2.05, 4.69) is 15.3 Å². The van der Waals surface area contributed by atoms with Gasteiger partial charge in [0.2, 0.25) is 5.95 Å². The van der Waals surface area contributed by atoms with Gasteiger partial charge in [0.15, 0.2) is 0 Å². The minimum atomic E-state index is -0.140. The first kappa shape index (κ1) is 18.0. The molecule has 1 heterocycles. The third kappa shape index (κ3) is 4.24. The van der Waals surface area contributed by atoms with Gasteiger partial charge in [0.1, 0.15) is 0 Å². The molecule has 0 bridgehead atoms. The lowest BCUT2D eigenvalue weighted by Gasteiger charge is -2.14. The van der Waals surface area contributed by atoms with Crippen LogP contribution in [0.1, 0.15) is 16.8 Å². The van der Waals surface area contributed by atoms with Gasteiger partial charge < -0.3 is 10.2 Å². The lowest BCUT2D eigenvalue weighted by atomic mass is 10.1. The van der Waals surface area contributed by atoms with E-state index >= 15 is 0 Å². The molecule has 3 aromatic rings. The fourth-order valence-corrected chi connectivity index (χ4v) is 2.81. The van der Waals surface area contributed by atoms with Crippen molar-refractivity contribution < 1.29 is 0 Å². The van der Waals surface area contributed by atoms with Crippen LogP contribution in [0.4, 0.5) is 17.3 Å². The average Bonchev–Trinajstić information content (AvgIpc) is 2.60. The van der Waals surface area contributed by atoms with Gasteiger partial charge in [-0.05, 0) is 42.8 Å². The summed E-state index contributed by atoms with van der Waals surface area (Å²) in [5, 5.41) is 3.85. The first-order chi connectivity index (χ1) is 12.4. The van der Waals surface area contributed by atoms with Gasteiger partial charge >= 0.3 is 0 Å². The highest BCUT2D eigenvalue weighted by Gasteiger charge is 2.10. The Kier molecular flexibility index (Phi) is 5.28. The van der Waals surface area contributed by atoms with Gasteiger partial charge in [-0.1, -0.05) is 29.8 Å². The lowest BCUT2D eigenvalue weighted by Crippen LogP contribution is -2.18. The molecular formula is C20H21ClN4O. The highest BCUT2D eigenvalue weighted by atomic mass is 35.5. The molecule has 26 heavy (non-hydrogen) atoms. The average molecular weight is 369 g/mol. The van der Waals surface area contributed by atoms with Crippen molar-refractivity contribution in [3.05, 3.63) is 80.7 Å². The van der Waals surface area contributed by atoms with E-state index in [4.69, 9.17) is 11.6 Å². The molecule has 0 aliphatic heterocycles. The molecule has 0 amide bonds. The normalized spacial score (nSPS) is 10.6. The van der Waals surface area contributed by atoms with Crippen LogP contribution in [0, 0.1) is 6.92 Å². The summed E-state index contributed by atoms with van der Waals surface area (Å²) in [4.78, 5) is 21.9. The summed E-state index contributed by atoms with van der Waals surface area (Å²) in [6, 6.07) is 15.4. The summed E-state index contributed by atoms with van der Waals surface area (Å²) in [6.45, 7) is 1.85. The van der Waals surface area contributed by atoms with Gasteiger partial charge in [-0.15, -0.1) is 0 Å². The van der Waals surface area contributed by atoms with Crippen LogP contribution < -0.4 is 15.8 Å². The van der Waals surface area contributed by atoms with Gasteiger partial charge in [0, 0.05) is 42.5 Å². The van der Waals surface area contributed by atoms with E-state index in [1.165, 1.54) is 0 Å². The Morgan fingerprint density at radius 3 is 2.54 bits per heavy atom. The number of hydrogen-bond donors (Lipinski definition) is 2. The van der Waals surface area contributed by atoms with Crippen LogP contribution in [-0.4, -0.2) is 24.1 Å². The number of aromatic amines is 1. The van der Waals surface area contributed by atoms with E-state index in [0.717, 1.165) is 16.9 Å². The number of rotatable bonds is 5. The zero-order valence-corrected chi connectivity index (χ0v) is 15.8. The number of nitrogens with one attached hydrogen (secondary N) is 2. The van der Waals surface area contributed by atoms with E-state index in [9.17, 15) is 4.79 Å². The van der Waals surface area contributed by atoms with Crippen molar-refractivity contribution >= 4 is 28.9 Å². The minimum Gasteiger partial charge on any atom is -0.378 e. The van der Waals surface area contributed by atoms with Crippen molar-refractivity contribution in [3.63, 3.8) is 0 Å². The van der Waals surface area contributed by atoms with E-state index in [1.807, 2.05) is 74.4 Å². The monoisotopic (exact) mass is 368 g/mol. The third-order valence-corrected chi connectivity index (χ3v) is 4.39. The number of halogens is 1. The van der Waals surface area contributed by atoms with Crippen LogP contribution in [0.3, 0.4) is 0 Å². The van der Waals surface area contributed by atoms with Crippen molar-refractivity contribution in [2.24, 2.45) is 0 Å². The maximum Gasteiger partial charge on any atom is 0.256 e. The van der Waals surface area contributed by atoms with Crippen molar-refractivity contribution in [1.82, 2.24) is 9.97 Å². The molecule has 0 aliphatic carbocycles. The fraction of sp³-hybridized carbons (Fsp3) is 0.200. The second kappa shape index (κ2) is 7.62. The number of aryl methyl sites for hydroxylation is 1. The molecule has 0 saturated carbocycles. The number of nitrogens with zero attached hydrogens (tertiary/aromatic N) is 2. The largest absolute Gasteiger partial charge is 0.378 e. The standard InChI is InChI=1S/C20H21ClN4O/c1-13-18(11-14-7-9-15(21)10-8-14)19(26)24-20(22-13)23-16-5-4-6-17(12-16)25(2)3/h4-10,12H,11H2,1-3H3,(H2,22,23,24,26). The summed E-state index contributed by atoms with van der Waals surface area (Å²) >= 11 is 5.91. The van der Waals surface area contributed by atoms with Gasteiger partial charge in [-0.25, -0.2) is 4.98 Å². The summed E-state index contributed by atoms with van der Waals surface area (Å²) in [5.74, 6) is 0.434. The third-order valence-electron chi connectivity index (χ3n) is 4.14. The lowest BCUT2D eigenvalue weighted by molar-refractivity contribution is 0.985. The zero-order valence-electron chi connectivity index (χ0n) is 15.0. The van der Waals surface area contributed by atoms with Gasteiger partial charge in [-0.2, -0.15) is 0 Å². The molecule has 2 N–H and O–H groups in total. The highest BCUT2D eigenvalue weighted by Crippen LogP contribution is 2.20. The van der Waals surface area contributed by atoms with E-state index in [-0.39, 0.29) is 5.56 Å². The van der Waals surface area contributed by atoms with Crippen molar-refractivity contribution in [2.45, 2.75) is 13.3 Å². The predicted octanol–water partition coefficient (Wildman–Crippen LogP) is 4.13. The summed E-state index contributed by atoms with van der Waals surface area (Å²) in [5.41, 5.74) is 4.16. The molecule has 1 aromatic heterocycles. The van der Waals surface area contributed by atoms with Crippen molar-refractivity contribution in [1.29, 1.82) is 0 Å². The highest BCUT2D eigenvalue weighted by molar-refractivity contribution is 6.30. The van der Waals surface area contributed by atoms with E-state index in [1.54, 1.807) is 0 Å².